The maximum Gasteiger partial charge on any atom is 0.0394 e. The first-order chi connectivity index (χ1) is 7.86. The lowest BCUT2D eigenvalue weighted by molar-refractivity contribution is 1.11. The lowest BCUT2D eigenvalue weighted by Crippen LogP contribution is -1.93. The second-order valence-electron chi connectivity index (χ2n) is 4.32. The van der Waals surface area contributed by atoms with E-state index in [0.717, 1.165) is 17.2 Å². The van der Waals surface area contributed by atoms with Crippen LogP contribution in [0.5, 0.6) is 0 Å². The first kappa shape index (κ1) is 9.40. The van der Waals surface area contributed by atoms with Gasteiger partial charge >= 0.3 is 0 Å². The molecule has 0 unspecified atom stereocenters. The lowest BCUT2D eigenvalue weighted by atomic mass is 9.98. The number of pyridine rings is 1. The van der Waals surface area contributed by atoms with E-state index < -0.39 is 0 Å². The molecule has 1 fully saturated rings. The molecule has 1 aliphatic carbocycles. The van der Waals surface area contributed by atoms with Crippen LogP contribution in [0.4, 0.5) is 5.69 Å². The molecule has 1 aliphatic rings. The molecule has 0 bridgehead atoms. The van der Waals surface area contributed by atoms with E-state index in [0.29, 0.717) is 0 Å². The maximum absolute atomic E-state index is 6.01. The van der Waals surface area contributed by atoms with Gasteiger partial charge < -0.3 is 5.73 Å². The van der Waals surface area contributed by atoms with Crippen molar-refractivity contribution in [3.8, 4) is 11.1 Å². The van der Waals surface area contributed by atoms with Crippen molar-refractivity contribution in [2.45, 2.75) is 18.8 Å². The molecule has 0 spiro atoms. The Kier molecular flexibility index (Phi) is 2.13. The van der Waals surface area contributed by atoms with Crippen molar-refractivity contribution in [2.75, 3.05) is 5.73 Å². The highest BCUT2D eigenvalue weighted by atomic mass is 14.6. The minimum Gasteiger partial charge on any atom is -0.398 e. The number of nitrogens with two attached hydrogens (primary N) is 1. The highest BCUT2D eigenvalue weighted by Gasteiger charge is 2.26. The van der Waals surface area contributed by atoms with E-state index in [9.17, 15) is 0 Å². The van der Waals surface area contributed by atoms with Crippen LogP contribution in [0.3, 0.4) is 0 Å². The summed E-state index contributed by atoms with van der Waals surface area (Å²) < 4.78 is 0. The molecule has 2 heteroatoms. The summed E-state index contributed by atoms with van der Waals surface area (Å²) in [7, 11) is 0. The Morgan fingerprint density at radius 3 is 2.62 bits per heavy atom. The van der Waals surface area contributed by atoms with E-state index in [-0.39, 0.29) is 0 Å². The summed E-state index contributed by atoms with van der Waals surface area (Å²) in [6.07, 6.45) is 6.39. The summed E-state index contributed by atoms with van der Waals surface area (Å²) in [5, 5.41) is 0. The van der Waals surface area contributed by atoms with Gasteiger partial charge in [0.15, 0.2) is 0 Å². The van der Waals surface area contributed by atoms with Crippen molar-refractivity contribution in [2.24, 2.45) is 0 Å². The molecule has 0 radical (unpaired) electrons. The number of anilines is 1. The van der Waals surface area contributed by atoms with Crippen LogP contribution in [0.25, 0.3) is 11.1 Å². The molecule has 2 nitrogen and oxygen atoms in total. The third-order valence-electron chi connectivity index (χ3n) is 3.12. The van der Waals surface area contributed by atoms with Crippen LogP contribution in [-0.2, 0) is 0 Å². The molecule has 1 heterocycles. The van der Waals surface area contributed by atoms with Gasteiger partial charge in [-0.3, -0.25) is 4.98 Å². The van der Waals surface area contributed by atoms with Gasteiger partial charge in [-0.05, 0) is 36.5 Å². The molecule has 3 rings (SSSR count). The molecule has 0 saturated heterocycles. The number of nitrogens with zero attached hydrogens (tertiary/aromatic N) is 1. The summed E-state index contributed by atoms with van der Waals surface area (Å²) in [5.74, 6) is 0.720. The van der Waals surface area contributed by atoms with E-state index in [1.165, 1.54) is 24.0 Å². The second-order valence-corrected chi connectivity index (χ2v) is 4.32. The average Bonchev–Trinajstić information content (AvgIpc) is 3.14. The van der Waals surface area contributed by atoms with Gasteiger partial charge in [0.1, 0.15) is 0 Å². The molecular formula is C14H14N2. The minimum atomic E-state index is 0.720. The van der Waals surface area contributed by atoms with Crippen molar-refractivity contribution >= 4 is 5.69 Å². The van der Waals surface area contributed by atoms with Gasteiger partial charge in [-0.1, -0.05) is 18.2 Å². The Morgan fingerprint density at radius 2 is 1.88 bits per heavy atom. The van der Waals surface area contributed by atoms with Gasteiger partial charge in [-0.25, -0.2) is 0 Å². The van der Waals surface area contributed by atoms with E-state index in [4.69, 9.17) is 5.73 Å². The highest BCUT2D eigenvalue weighted by molar-refractivity contribution is 5.78. The van der Waals surface area contributed by atoms with E-state index in [1.807, 2.05) is 30.6 Å². The highest BCUT2D eigenvalue weighted by Crippen LogP contribution is 2.44. The molecule has 80 valence electrons. The molecular weight excluding hydrogens is 196 g/mol. The van der Waals surface area contributed by atoms with Crippen molar-refractivity contribution in [3.63, 3.8) is 0 Å². The van der Waals surface area contributed by atoms with Crippen LogP contribution in [0.2, 0.25) is 0 Å². The fourth-order valence-electron chi connectivity index (χ4n) is 2.12. The van der Waals surface area contributed by atoms with Crippen LogP contribution in [0, 0.1) is 0 Å². The van der Waals surface area contributed by atoms with Crippen molar-refractivity contribution in [1.29, 1.82) is 0 Å². The summed E-state index contributed by atoms with van der Waals surface area (Å²) in [4.78, 5) is 4.22. The molecule has 0 atom stereocenters. The molecule has 0 aliphatic heterocycles. The van der Waals surface area contributed by atoms with Gasteiger partial charge in [0, 0.05) is 29.2 Å². The van der Waals surface area contributed by atoms with Gasteiger partial charge in [0.2, 0.25) is 0 Å². The number of rotatable bonds is 2. The molecule has 16 heavy (non-hydrogen) atoms. The Hall–Kier alpha value is -1.83. The summed E-state index contributed by atoms with van der Waals surface area (Å²) in [6, 6.07) is 10.1. The minimum absolute atomic E-state index is 0.720. The van der Waals surface area contributed by atoms with Crippen LogP contribution in [0.1, 0.15) is 24.3 Å². The van der Waals surface area contributed by atoms with Crippen molar-refractivity contribution < 1.29 is 0 Å². The third kappa shape index (κ3) is 1.56. The van der Waals surface area contributed by atoms with E-state index in [1.54, 1.807) is 0 Å². The normalized spacial score (nSPS) is 15.0. The largest absolute Gasteiger partial charge is 0.398 e. The van der Waals surface area contributed by atoms with Crippen molar-refractivity contribution in [3.05, 3.63) is 48.3 Å². The molecule has 2 aromatic rings. The number of nitrogen functional groups attached to an aromatic ring is 1. The molecule has 1 aromatic heterocycles. The van der Waals surface area contributed by atoms with Crippen LogP contribution >= 0.6 is 0 Å². The van der Waals surface area contributed by atoms with E-state index in [2.05, 4.69) is 17.1 Å². The standard InChI is InChI=1S/C14H14N2/c15-14-4-2-1-3-12(14)13-9-16-8-7-11(13)10-5-6-10/h1-4,7-10H,5-6,15H2. The second kappa shape index (κ2) is 3.63. The SMILES string of the molecule is Nc1ccccc1-c1cnccc1C1CC1. The number of hydrogen-bond donors (Lipinski definition) is 1. The summed E-state index contributed by atoms with van der Waals surface area (Å²) in [5.41, 5.74) is 10.5. The van der Waals surface area contributed by atoms with Gasteiger partial charge in [0.25, 0.3) is 0 Å². The molecule has 2 N–H and O–H groups in total. The van der Waals surface area contributed by atoms with Gasteiger partial charge in [0.05, 0.1) is 0 Å². The lowest BCUT2D eigenvalue weighted by Gasteiger charge is -2.10. The summed E-state index contributed by atoms with van der Waals surface area (Å²) in [6.45, 7) is 0. The van der Waals surface area contributed by atoms with Gasteiger partial charge in [-0.15, -0.1) is 0 Å². The molecule has 0 amide bonds. The zero-order chi connectivity index (χ0) is 11.0. The van der Waals surface area contributed by atoms with Crippen LogP contribution in [0.15, 0.2) is 42.7 Å². The number of aromatic nitrogens is 1. The molecule has 1 aromatic carbocycles. The predicted molar refractivity (Wildman–Crippen MR) is 66.1 cm³/mol. The fourth-order valence-corrected chi connectivity index (χ4v) is 2.12. The number of para-hydroxylation sites is 1. The predicted octanol–water partition coefficient (Wildman–Crippen LogP) is 3.21. The first-order valence-electron chi connectivity index (χ1n) is 5.65. The molecule has 1 saturated carbocycles. The Morgan fingerprint density at radius 1 is 1.06 bits per heavy atom. The smallest absolute Gasteiger partial charge is 0.0394 e. The Labute approximate surface area is 95.1 Å². The number of benzene rings is 1. The first-order valence-corrected chi connectivity index (χ1v) is 5.65. The fraction of sp³-hybridized carbons (Fsp3) is 0.214. The monoisotopic (exact) mass is 210 g/mol. The number of hydrogen-bond acceptors (Lipinski definition) is 2. The zero-order valence-electron chi connectivity index (χ0n) is 9.06. The Balaban J connectivity index is 2.15. The van der Waals surface area contributed by atoms with Gasteiger partial charge in [-0.2, -0.15) is 0 Å². The maximum atomic E-state index is 6.01. The van der Waals surface area contributed by atoms with E-state index >= 15 is 0 Å². The average molecular weight is 210 g/mol. The zero-order valence-corrected chi connectivity index (χ0v) is 9.06. The van der Waals surface area contributed by atoms with Crippen LogP contribution in [-0.4, -0.2) is 4.98 Å². The topological polar surface area (TPSA) is 38.9 Å². The van der Waals surface area contributed by atoms with Crippen LogP contribution < -0.4 is 5.73 Å². The summed E-state index contributed by atoms with van der Waals surface area (Å²) >= 11 is 0. The quantitative estimate of drug-likeness (QED) is 0.773. The Bertz CT molecular complexity index is 516. The van der Waals surface area contributed by atoms with Crippen molar-refractivity contribution in [1.82, 2.24) is 4.98 Å². The third-order valence-corrected chi connectivity index (χ3v) is 3.12.